The SMILES string of the molecule is c1ccc2c(c1)Sc1ccccc1C21c2cc(N(c3ccc4c(c3)sc3ccccc34)c3ccc4c5ccccc5n(-c5cccc6ccccc56)c4c3)ccc2-c2cccc3cccc1c23. The molecule has 2 aliphatic rings. The van der Waals surface area contributed by atoms with E-state index >= 15 is 0 Å². The molecule has 312 valence electrons. The maximum atomic E-state index is 2.53. The fourth-order valence-corrected chi connectivity index (χ4v) is 14.2. The Morgan fingerprint density at radius 2 is 0.940 bits per heavy atom. The van der Waals surface area contributed by atoms with Crippen LogP contribution in [0.1, 0.15) is 22.3 Å². The predicted molar refractivity (Wildman–Crippen MR) is 285 cm³/mol. The van der Waals surface area contributed by atoms with Crippen molar-refractivity contribution >= 4 is 104 Å². The van der Waals surface area contributed by atoms with Crippen molar-refractivity contribution in [3.63, 3.8) is 0 Å². The molecule has 1 aliphatic heterocycles. The molecule has 1 spiro atoms. The molecule has 0 saturated heterocycles. The number of benzene rings is 11. The Labute approximate surface area is 395 Å². The van der Waals surface area contributed by atoms with Crippen molar-refractivity contribution < 1.29 is 0 Å². The molecule has 15 rings (SSSR count). The van der Waals surface area contributed by atoms with Gasteiger partial charge in [-0.05, 0) is 116 Å². The van der Waals surface area contributed by atoms with Crippen LogP contribution in [0, 0.1) is 0 Å². The number of fused-ring (bicyclic) bond motifs is 15. The Hall–Kier alpha value is -7.89. The number of anilines is 3. The van der Waals surface area contributed by atoms with Gasteiger partial charge in [0.05, 0.1) is 22.1 Å². The lowest BCUT2D eigenvalue weighted by molar-refractivity contribution is 0.707. The van der Waals surface area contributed by atoms with E-state index in [0.717, 1.165) is 17.1 Å². The maximum Gasteiger partial charge on any atom is 0.0736 e. The van der Waals surface area contributed by atoms with Crippen molar-refractivity contribution in [1.82, 2.24) is 4.57 Å². The van der Waals surface area contributed by atoms with Gasteiger partial charge in [-0.15, -0.1) is 11.3 Å². The van der Waals surface area contributed by atoms with Crippen LogP contribution >= 0.6 is 23.1 Å². The minimum absolute atomic E-state index is 0.566. The Morgan fingerprint density at radius 3 is 1.79 bits per heavy atom. The second kappa shape index (κ2) is 14.1. The molecule has 11 aromatic carbocycles. The summed E-state index contributed by atoms with van der Waals surface area (Å²) < 4.78 is 5.06. The predicted octanol–water partition coefficient (Wildman–Crippen LogP) is 17.8. The molecule has 3 heterocycles. The summed E-state index contributed by atoms with van der Waals surface area (Å²) in [6, 6.07) is 86.7. The molecule has 0 radical (unpaired) electrons. The van der Waals surface area contributed by atoms with Crippen LogP contribution in [0.15, 0.2) is 240 Å². The van der Waals surface area contributed by atoms with Gasteiger partial charge in [-0.25, -0.2) is 0 Å². The number of aromatic nitrogens is 1. The highest BCUT2D eigenvalue weighted by atomic mass is 32.2. The Bertz CT molecular complexity index is 4170. The summed E-state index contributed by atoms with van der Waals surface area (Å²) in [5.74, 6) is 0. The van der Waals surface area contributed by atoms with E-state index in [9.17, 15) is 0 Å². The van der Waals surface area contributed by atoms with Gasteiger partial charge in [0.25, 0.3) is 0 Å². The third-order valence-corrected chi connectivity index (χ3v) is 16.9. The molecule has 0 fully saturated rings. The maximum absolute atomic E-state index is 2.53. The molecule has 0 atom stereocenters. The van der Waals surface area contributed by atoms with Crippen LogP contribution in [-0.2, 0) is 5.41 Å². The Kier molecular flexibility index (Phi) is 7.84. The first-order chi connectivity index (χ1) is 33.2. The van der Waals surface area contributed by atoms with E-state index in [1.165, 1.54) is 112 Å². The average Bonchev–Trinajstić information content (AvgIpc) is 3.92. The van der Waals surface area contributed by atoms with Gasteiger partial charge >= 0.3 is 0 Å². The lowest BCUT2D eigenvalue weighted by atomic mass is 9.59. The molecule has 1 aliphatic carbocycles. The first kappa shape index (κ1) is 37.3. The number of para-hydroxylation sites is 1. The normalized spacial score (nSPS) is 13.4. The molecule has 0 amide bonds. The van der Waals surface area contributed by atoms with Gasteiger partial charge in [0.1, 0.15) is 0 Å². The average molecular weight is 887 g/mol. The zero-order chi connectivity index (χ0) is 43.8. The summed E-state index contributed by atoms with van der Waals surface area (Å²) in [4.78, 5) is 5.11. The summed E-state index contributed by atoms with van der Waals surface area (Å²) in [7, 11) is 0. The standard InChI is InChI=1S/C63H38N2S2/c1-2-18-44-39(14-1)15-13-26-55(44)65-56-25-7-3-19-46(56)47-34-31-42(37-57(47)65)64(43-32-35-49-48-20-4-8-27-58(48)66-61(49)38-43)41-30-33-45-50-21-11-16-40-17-12-24-53(62(40)50)63(54(45)36-41)51-22-5-9-28-59(51)67-60-29-10-6-23-52(60)63/h1-38H. The van der Waals surface area contributed by atoms with Crippen molar-refractivity contribution in [2.24, 2.45) is 0 Å². The minimum Gasteiger partial charge on any atom is -0.310 e. The van der Waals surface area contributed by atoms with Crippen molar-refractivity contribution in [2.75, 3.05) is 4.90 Å². The van der Waals surface area contributed by atoms with Gasteiger partial charge in [-0.1, -0.05) is 176 Å². The van der Waals surface area contributed by atoms with Crippen LogP contribution in [0.3, 0.4) is 0 Å². The lowest BCUT2D eigenvalue weighted by Crippen LogP contribution is -2.36. The fourth-order valence-electron chi connectivity index (χ4n) is 11.9. The molecule has 2 aromatic heterocycles. The van der Waals surface area contributed by atoms with Gasteiger partial charge < -0.3 is 9.47 Å². The van der Waals surface area contributed by atoms with Gasteiger partial charge in [0.15, 0.2) is 0 Å². The highest BCUT2D eigenvalue weighted by molar-refractivity contribution is 7.99. The van der Waals surface area contributed by atoms with E-state index in [1.807, 2.05) is 23.1 Å². The van der Waals surface area contributed by atoms with Crippen LogP contribution in [0.25, 0.3) is 80.3 Å². The second-order valence-corrected chi connectivity index (χ2v) is 20.1. The Morgan fingerprint density at radius 1 is 0.358 bits per heavy atom. The molecule has 0 N–H and O–H groups in total. The number of thiophene rings is 1. The topological polar surface area (TPSA) is 8.17 Å². The molecule has 13 aromatic rings. The quantitative estimate of drug-likeness (QED) is 0.174. The summed E-state index contributed by atoms with van der Waals surface area (Å²) in [6.45, 7) is 0. The first-order valence-corrected chi connectivity index (χ1v) is 24.6. The fraction of sp³-hybridized carbons (Fsp3) is 0.0159. The van der Waals surface area contributed by atoms with Gasteiger partial charge in [0, 0.05) is 63.2 Å². The van der Waals surface area contributed by atoms with Crippen molar-refractivity contribution in [2.45, 2.75) is 15.2 Å². The van der Waals surface area contributed by atoms with Crippen LogP contribution in [0.4, 0.5) is 17.1 Å². The molecular weight excluding hydrogens is 849 g/mol. The minimum atomic E-state index is -0.566. The lowest BCUT2D eigenvalue weighted by Gasteiger charge is -2.46. The third-order valence-electron chi connectivity index (χ3n) is 14.6. The smallest absolute Gasteiger partial charge is 0.0736 e. The molecular formula is C63H38N2S2. The van der Waals surface area contributed by atoms with Gasteiger partial charge in [0.2, 0.25) is 0 Å². The number of hydrogen-bond donors (Lipinski definition) is 0. The second-order valence-electron chi connectivity index (χ2n) is 17.9. The summed E-state index contributed by atoms with van der Waals surface area (Å²) in [5.41, 5.74) is 14.2. The molecule has 2 nitrogen and oxygen atoms in total. The van der Waals surface area contributed by atoms with Crippen LogP contribution in [0.5, 0.6) is 0 Å². The highest BCUT2D eigenvalue weighted by Gasteiger charge is 2.48. The van der Waals surface area contributed by atoms with Crippen molar-refractivity contribution in [1.29, 1.82) is 0 Å². The van der Waals surface area contributed by atoms with Gasteiger partial charge in [-0.2, -0.15) is 0 Å². The molecule has 4 heteroatoms. The van der Waals surface area contributed by atoms with Crippen LogP contribution < -0.4 is 4.90 Å². The van der Waals surface area contributed by atoms with E-state index in [2.05, 4.69) is 240 Å². The van der Waals surface area contributed by atoms with E-state index < -0.39 is 5.41 Å². The molecule has 0 unspecified atom stereocenters. The summed E-state index contributed by atoms with van der Waals surface area (Å²) in [6.07, 6.45) is 0. The van der Waals surface area contributed by atoms with Gasteiger partial charge in [-0.3, -0.25) is 0 Å². The van der Waals surface area contributed by atoms with Crippen molar-refractivity contribution in [3.05, 3.63) is 253 Å². The summed E-state index contributed by atoms with van der Waals surface area (Å²) >= 11 is 3.76. The molecule has 67 heavy (non-hydrogen) atoms. The van der Waals surface area contributed by atoms with E-state index in [1.54, 1.807) is 0 Å². The van der Waals surface area contributed by atoms with E-state index in [4.69, 9.17) is 0 Å². The van der Waals surface area contributed by atoms with Crippen LogP contribution in [0.2, 0.25) is 0 Å². The van der Waals surface area contributed by atoms with E-state index in [-0.39, 0.29) is 0 Å². The molecule has 0 saturated carbocycles. The zero-order valence-electron chi connectivity index (χ0n) is 36.2. The summed E-state index contributed by atoms with van der Waals surface area (Å²) in [5, 5.41) is 10.1. The monoisotopic (exact) mass is 886 g/mol. The number of rotatable bonds is 4. The zero-order valence-corrected chi connectivity index (χ0v) is 37.8. The van der Waals surface area contributed by atoms with Crippen LogP contribution in [-0.4, -0.2) is 4.57 Å². The third kappa shape index (κ3) is 5.17. The Balaban J connectivity index is 1.05. The molecule has 0 bridgehead atoms. The highest BCUT2D eigenvalue weighted by Crippen LogP contribution is 2.62. The number of nitrogens with zero attached hydrogens (tertiary/aromatic N) is 2. The number of hydrogen-bond acceptors (Lipinski definition) is 3. The van der Waals surface area contributed by atoms with Crippen molar-refractivity contribution in [3.8, 4) is 16.8 Å². The van der Waals surface area contributed by atoms with E-state index in [0.29, 0.717) is 0 Å². The largest absolute Gasteiger partial charge is 0.310 e. The first-order valence-electron chi connectivity index (χ1n) is 23.0.